The molecular formula is C10H12Br2O3S. The molecule has 0 spiro atoms. The summed E-state index contributed by atoms with van der Waals surface area (Å²) >= 11 is 6.82. The van der Waals surface area contributed by atoms with E-state index in [4.69, 9.17) is 4.55 Å². The van der Waals surface area contributed by atoms with E-state index in [9.17, 15) is 8.42 Å². The van der Waals surface area contributed by atoms with Crippen molar-refractivity contribution in [1.82, 2.24) is 0 Å². The van der Waals surface area contributed by atoms with Gasteiger partial charge < -0.3 is 0 Å². The van der Waals surface area contributed by atoms with Gasteiger partial charge >= 0.3 is 0 Å². The molecule has 0 radical (unpaired) electrons. The quantitative estimate of drug-likeness (QED) is 0.652. The Morgan fingerprint density at radius 1 is 1.38 bits per heavy atom. The highest BCUT2D eigenvalue weighted by atomic mass is 79.9. The van der Waals surface area contributed by atoms with Gasteiger partial charge in [-0.3, -0.25) is 4.55 Å². The first-order valence-corrected chi connectivity index (χ1v) is 7.67. The average molecular weight is 372 g/mol. The SMILES string of the molecule is CCC(Br)(Br)c1cc(C)ccc1S(=O)(=O)O. The lowest BCUT2D eigenvalue weighted by Gasteiger charge is -2.21. The highest BCUT2D eigenvalue weighted by Crippen LogP contribution is 2.44. The van der Waals surface area contributed by atoms with E-state index in [-0.39, 0.29) is 4.90 Å². The minimum atomic E-state index is -4.20. The largest absolute Gasteiger partial charge is 0.294 e. The van der Waals surface area contributed by atoms with Crippen LogP contribution in [0.3, 0.4) is 0 Å². The van der Waals surface area contributed by atoms with Crippen molar-refractivity contribution in [3.05, 3.63) is 29.3 Å². The molecule has 0 aliphatic heterocycles. The van der Waals surface area contributed by atoms with Gasteiger partial charge in [0, 0.05) is 5.56 Å². The summed E-state index contributed by atoms with van der Waals surface area (Å²) < 4.78 is 31.0. The van der Waals surface area contributed by atoms with Crippen LogP contribution in [0.2, 0.25) is 0 Å². The van der Waals surface area contributed by atoms with Gasteiger partial charge in [-0.25, -0.2) is 0 Å². The molecule has 0 saturated heterocycles. The maximum Gasteiger partial charge on any atom is 0.294 e. The zero-order valence-corrected chi connectivity index (χ0v) is 12.9. The molecule has 0 amide bonds. The Labute approximate surface area is 112 Å². The van der Waals surface area contributed by atoms with Crippen LogP contribution in [0.1, 0.15) is 24.5 Å². The zero-order valence-electron chi connectivity index (χ0n) is 8.87. The van der Waals surface area contributed by atoms with E-state index in [0.29, 0.717) is 12.0 Å². The van der Waals surface area contributed by atoms with Crippen molar-refractivity contribution in [2.45, 2.75) is 28.4 Å². The molecule has 3 nitrogen and oxygen atoms in total. The molecule has 0 fully saturated rings. The van der Waals surface area contributed by atoms with Crippen LogP contribution < -0.4 is 0 Å². The van der Waals surface area contributed by atoms with Crippen molar-refractivity contribution in [3.8, 4) is 0 Å². The predicted octanol–water partition coefficient (Wildman–Crippen LogP) is 3.59. The van der Waals surface area contributed by atoms with Gasteiger partial charge in [0.05, 0.1) is 4.90 Å². The Hall–Kier alpha value is 0.0900. The van der Waals surface area contributed by atoms with E-state index in [0.717, 1.165) is 5.56 Å². The molecule has 0 aliphatic carbocycles. The van der Waals surface area contributed by atoms with Crippen molar-refractivity contribution in [2.24, 2.45) is 0 Å². The lowest BCUT2D eigenvalue weighted by Crippen LogP contribution is -2.14. The molecule has 1 rings (SSSR count). The fourth-order valence-corrected chi connectivity index (χ4v) is 3.01. The average Bonchev–Trinajstić information content (AvgIpc) is 2.15. The summed E-state index contributed by atoms with van der Waals surface area (Å²) in [6.07, 6.45) is 0.638. The molecule has 0 aliphatic rings. The Bertz CT molecular complexity index is 495. The zero-order chi connectivity index (χ0) is 12.6. The molecule has 16 heavy (non-hydrogen) atoms. The summed E-state index contributed by atoms with van der Waals surface area (Å²) in [6.45, 7) is 3.77. The fraction of sp³-hybridized carbons (Fsp3) is 0.400. The van der Waals surface area contributed by atoms with Gasteiger partial charge in [-0.1, -0.05) is 56.5 Å². The van der Waals surface area contributed by atoms with Crippen molar-refractivity contribution >= 4 is 42.0 Å². The van der Waals surface area contributed by atoms with E-state index in [2.05, 4.69) is 31.9 Å². The van der Waals surface area contributed by atoms with Crippen LogP contribution in [0.4, 0.5) is 0 Å². The number of hydrogen-bond acceptors (Lipinski definition) is 2. The summed E-state index contributed by atoms with van der Waals surface area (Å²) in [7, 11) is -4.20. The number of aryl methyl sites for hydroxylation is 1. The minimum absolute atomic E-state index is 0.0753. The second-order valence-electron chi connectivity index (χ2n) is 3.53. The first-order valence-electron chi connectivity index (χ1n) is 4.65. The standard InChI is InChI=1S/C10H12Br2O3S/c1-3-10(11,12)8-6-7(2)4-5-9(8)16(13,14)15/h4-6H,3H2,1-2H3,(H,13,14,15). The lowest BCUT2D eigenvalue weighted by molar-refractivity contribution is 0.481. The minimum Gasteiger partial charge on any atom is -0.282 e. The van der Waals surface area contributed by atoms with Gasteiger partial charge in [-0.2, -0.15) is 8.42 Å². The summed E-state index contributed by atoms with van der Waals surface area (Å²) in [5, 5.41) is 0. The third-order valence-electron chi connectivity index (χ3n) is 2.25. The molecule has 90 valence electrons. The van der Waals surface area contributed by atoms with Crippen LogP contribution in [0.25, 0.3) is 0 Å². The molecule has 1 aromatic rings. The maximum atomic E-state index is 11.2. The van der Waals surface area contributed by atoms with Gasteiger partial charge in [0.25, 0.3) is 10.1 Å². The summed E-state index contributed by atoms with van der Waals surface area (Å²) in [5.41, 5.74) is 1.44. The number of hydrogen-bond donors (Lipinski definition) is 1. The van der Waals surface area contributed by atoms with Crippen LogP contribution in [-0.2, 0) is 13.4 Å². The van der Waals surface area contributed by atoms with Crippen LogP contribution in [0, 0.1) is 6.92 Å². The molecule has 0 heterocycles. The van der Waals surface area contributed by atoms with Crippen molar-refractivity contribution in [3.63, 3.8) is 0 Å². The Balaban J connectivity index is 3.54. The first kappa shape index (κ1) is 14.2. The molecule has 0 aromatic heterocycles. The third kappa shape index (κ3) is 3.06. The van der Waals surface area contributed by atoms with Crippen LogP contribution >= 0.6 is 31.9 Å². The van der Waals surface area contributed by atoms with E-state index >= 15 is 0 Å². The second kappa shape index (κ2) is 4.76. The summed E-state index contributed by atoms with van der Waals surface area (Å²) in [5.74, 6) is 0. The first-order chi connectivity index (χ1) is 7.18. The lowest BCUT2D eigenvalue weighted by atomic mass is 10.1. The van der Waals surface area contributed by atoms with Gasteiger partial charge in [-0.05, 0) is 19.4 Å². The number of alkyl halides is 2. The Kier molecular flexibility index (Phi) is 4.21. The molecule has 1 N–H and O–H groups in total. The highest BCUT2D eigenvalue weighted by molar-refractivity contribution is 9.24. The van der Waals surface area contributed by atoms with E-state index in [1.165, 1.54) is 6.07 Å². The number of halogens is 2. The Morgan fingerprint density at radius 3 is 2.38 bits per heavy atom. The van der Waals surface area contributed by atoms with Crippen LogP contribution in [0.5, 0.6) is 0 Å². The van der Waals surface area contributed by atoms with E-state index in [1.807, 2.05) is 13.8 Å². The van der Waals surface area contributed by atoms with Crippen molar-refractivity contribution in [2.75, 3.05) is 0 Å². The number of rotatable bonds is 3. The smallest absolute Gasteiger partial charge is 0.282 e. The van der Waals surface area contributed by atoms with Gasteiger partial charge in [0.1, 0.15) is 3.23 Å². The summed E-state index contributed by atoms with van der Waals surface area (Å²) in [6, 6.07) is 4.79. The molecular weight excluding hydrogens is 360 g/mol. The molecule has 0 unspecified atom stereocenters. The van der Waals surface area contributed by atoms with Crippen molar-refractivity contribution < 1.29 is 13.0 Å². The van der Waals surface area contributed by atoms with Crippen LogP contribution in [-0.4, -0.2) is 13.0 Å². The Morgan fingerprint density at radius 2 is 1.94 bits per heavy atom. The normalized spacial score (nSPS) is 12.8. The molecule has 0 atom stereocenters. The maximum absolute atomic E-state index is 11.2. The molecule has 0 bridgehead atoms. The highest BCUT2D eigenvalue weighted by Gasteiger charge is 2.30. The summed E-state index contributed by atoms with van der Waals surface area (Å²) in [4.78, 5) is -0.0753. The van der Waals surface area contributed by atoms with Gasteiger partial charge in [-0.15, -0.1) is 0 Å². The van der Waals surface area contributed by atoms with E-state index in [1.54, 1.807) is 12.1 Å². The molecule has 0 saturated carbocycles. The fourth-order valence-electron chi connectivity index (χ4n) is 1.35. The van der Waals surface area contributed by atoms with Crippen molar-refractivity contribution in [1.29, 1.82) is 0 Å². The molecule has 6 heteroatoms. The van der Waals surface area contributed by atoms with Gasteiger partial charge in [0.15, 0.2) is 0 Å². The van der Waals surface area contributed by atoms with Gasteiger partial charge in [0.2, 0.25) is 0 Å². The monoisotopic (exact) mass is 370 g/mol. The van der Waals surface area contributed by atoms with E-state index < -0.39 is 13.4 Å². The topological polar surface area (TPSA) is 54.4 Å². The number of benzene rings is 1. The third-order valence-corrected chi connectivity index (χ3v) is 5.14. The predicted molar refractivity (Wildman–Crippen MR) is 70.8 cm³/mol. The van der Waals surface area contributed by atoms with Crippen LogP contribution in [0.15, 0.2) is 23.1 Å². The molecule has 1 aromatic carbocycles. The second-order valence-corrected chi connectivity index (χ2v) is 8.69.